The van der Waals surface area contributed by atoms with E-state index in [1.807, 2.05) is 0 Å². The van der Waals surface area contributed by atoms with Crippen molar-refractivity contribution in [2.24, 2.45) is 0 Å². The van der Waals surface area contributed by atoms with Crippen LogP contribution in [0.3, 0.4) is 0 Å². The lowest BCUT2D eigenvalue weighted by Gasteiger charge is -2.09. The van der Waals surface area contributed by atoms with Crippen LogP contribution in [0.5, 0.6) is 5.75 Å². The van der Waals surface area contributed by atoms with Crippen molar-refractivity contribution >= 4 is 27.5 Å². The highest BCUT2D eigenvalue weighted by atomic mass is 79.9. The largest absolute Gasteiger partial charge is 0.497 e. The van der Waals surface area contributed by atoms with E-state index in [1.165, 1.54) is 19.2 Å². The maximum absolute atomic E-state index is 13.6. The van der Waals surface area contributed by atoms with Gasteiger partial charge in [-0.2, -0.15) is 0 Å². The van der Waals surface area contributed by atoms with Gasteiger partial charge in [0.2, 0.25) is 0 Å². The number of anilines is 1. The number of ether oxygens (including phenoxy) is 1. The van der Waals surface area contributed by atoms with Gasteiger partial charge in [-0.1, -0.05) is 22.0 Å². The smallest absolute Gasteiger partial charge is 0.255 e. The Balaban J connectivity index is 2.28. The van der Waals surface area contributed by atoms with Gasteiger partial charge in [-0.15, -0.1) is 0 Å². The molecule has 2 aromatic rings. The van der Waals surface area contributed by atoms with E-state index in [0.29, 0.717) is 5.75 Å². The van der Waals surface area contributed by atoms with E-state index in [9.17, 15) is 13.6 Å². The molecule has 3 nitrogen and oxygen atoms in total. The Labute approximate surface area is 122 Å². The van der Waals surface area contributed by atoms with Crippen molar-refractivity contribution in [2.45, 2.75) is 0 Å². The minimum absolute atomic E-state index is 0.242. The van der Waals surface area contributed by atoms with E-state index < -0.39 is 23.2 Å². The second-order valence-electron chi connectivity index (χ2n) is 3.93. The number of rotatable bonds is 3. The average Bonchev–Trinajstić information content (AvgIpc) is 2.42. The van der Waals surface area contributed by atoms with Gasteiger partial charge in [-0.3, -0.25) is 4.79 Å². The molecule has 2 rings (SSSR count). The van der Waals surface area contributed by atoms with E-state index in [1.54, 1.807) is 12.1 Å². The summed E-state index contributed by atoms with van der Waals surface area (Å²) in [4.78, 5) is 12.0. The summed E-state index contributed by atoms with van der Waals surface area (Å²) in [6.45, 7) is 0. The predicted octanol–water partition coefficient (Wildman–Crippen LogP) is 3.99. The van der Waals surface area contributed by atoms with Gasteiger partial charge in [-0.25, -0.2) is 8.78 Å². The van der Waals surface area contributed by atoms with Crippen LogP contribution in [0.25, 0.3) is 0 Å². The van der Waals surface area contributed by atoms with Gasteiger partial charge >= 0.3 is 0 Å². The topological polar surface area (TPSA) is 38.3 Å². The van der Waals surface area contributed by atoms with Gasteiger partial charge in [0.1, 0.15) is 11.4 Å². The Bertz CT molecular complexity index is 638. The third kappa shape index (κ3) is 3.14. The number of nitrogens with one attached hydrogen (secondary N) is 1. The van der Waals surface area contributed by atoms with E-state index in [-0.39, 0.29) is 10.0 Å². The molecule has 104 valence electrons. The highest BCUT2D eigenvalue weighted by Gasteiger charge is 2.15. The van der Waals surface area contributed by atoms with Crippen molar-refractivity contribution in [1.82, 2.24) is 0 Å². The molecule has 6 heteroatoms. The normalized spacial score (nSPS) is 10.2. The number of amides is 1. The van der Waals surface area contributed by atoms with Crippen LogP contribution in [-0.2, 0) is 0 Å². The molecule has 2 aromatic carbocycles. The Hall–Kier alpha value is -1.95. The van der Waals surface area contributed by atoms with E-state index in [2.05, 4.69) is 21.2 Å². The monoisotopic (exact) mass is 341 g/mol. The molecule has 0 fully saturated rings. The molecule has 20 heavy (non-hydrogen) atoms. The molecule has 0 aliphatic rings. The Kier molecular flexibility index (Phi) is 4.34. The zero-order valence-corrected chi connectivity index (χ0v) is 12.0. The summed E-state index contributed by atoms with van der Waals surface area (Å²) < 4.78 is 32.5. The van der Waals surface area contributed by atoms with Gasteiger partial charge < -0.3 is 10.1 Å². The molecule has 0 radical (unpaired) electrons. The summed E-state index contributed by atoms with van der Waals surface area (Å²) in [6.07, 6.45) is 0. The van der Waals surface area contributed by atoms with Crippen molar-refractivity contribution in [1.29, 1.82) is 0 Å². The van der Waals surface area contributed by atoms with Crippen LogP contribution in [0, 0.1) is 11.6 Å². The van der Waals surface area contributed by atoms with E-state index >= 15 is 0 Å². The maximum atomic E-state index is 13.6. The van der Waals surface area contributed by atoms with Gasteiger partial charge in [0.15, 0.2) is 11.6 Å². The number of carbonyl (C=O) groups is 1. The summed E-state index contributed by atoms with van der Waals surface area (Å²) >= 11 is 2.97. The molecule has 0 bridgehead atoms. The number of halogens is 3. The van der Waals surface area contributed by atoms with Gasteiger partial charge in [0.25, 0.3) is 5.91 Å². The predicted molar refractivity (Wildman–Crippen MR) is 75.0 cm³/mol. The van der Waals surface area contributed by atoms with Crippen LogP contribution in [0.2, 0.25) is 0 Å². The molecule has 1 N–H and O–H groups in total. The Morgan fingerprint density at radius 2 is 1.85 bits per heavy atom. The zero-order valence-electron chi connectivity index (χ0n) is 10.4. The minimum atomic E-state index is -0.854. The minimum Gasteiger partial charge on any atom is -0.497 e. The molecular weight excluding hydrogens is 332 g/mol. The van der Waals surface area contributed by atoms with Gasteiger partial charge in [0, 0.05) is 10.0 Å². The number of hydrogen-bond acceptors (Lipinski definition) is 2. The second-order valence-corrected chi connectivity index (χ2v) is 4.85. The summed E-state index contributed by atoms with van der Waals surface area (Å²) in [5, 5.41) is 2.21. The van der Waals surface area contributed by atoms with Crippen molar-refractivity contribution in [2.75, 3.05) is 12.4 Å². The maximum Gasteiger partial charge on any atom is 0.255 e. The van der Waals surface area contributed by atoms with Crippen molar-refractivity contribution < 1.29 is 18.3 Å². The van der Waals surface area contributed by atoms with E-state index in [0.717, 1.165) is 12.1 Å². The Morgan fingerprint density at radius 3 is 2.45 bits per heavy atom. The average molecular weight is 342 g/mol. The third-order valence-corrected chi connectivity index (χ3v) is 3.04. The van der Waals surface area contributed by atoms with Crippen molar-refractivity contribution in [3.63, 3.8) is 0 Å². The van der Waals surface area contributed by atoms with Gasteiger partial charge in [0.05, 0.1) is 7.11 Å². The zero-order chi connectivity index (χ0) is 14.7. The SMILES string of the molecule is COc1cccc(C(=O)Nc2c(F)cc(Br)cc2F)c1. The number of hydrogen-bond donors (Lipinski definition) is 1. The van der Waals surface area contributed by atoms with Crippen LogP contribution < -0.4 is 10.1 Å². The first-order valence-corrected chi connectivity index (χ1v) is 6.40. The summed E-state index contributed by atoms with van der Waals surface area (Å²) in [7, 11) is 1.46. The fourth-order valence-corrected chi connectivity index (χ4v) is 2.01. The second kappa shape index (κ2) is 6.00. The lowest BCUT2D eigenvalue weighted by atomic mass is 10.2. The summed E-state index contributed by atoms with van der Waals surface area (Å²) in [6, 6.07) is 8.42. The van der Waals surface area contributed by atoms with E-state index in [4.69, 9.17) is 4.74 Å². The molecule has 1 amide bonds. The van der Waals surface area contributed by atoms with Crippen LogP contribution in [0.4, 0.5) is 14.5 Å². The molecule has 0 saturated heterocycles. The third-order valence-electron chi connectivity index (χ3n) is 2.58. The highest BCUT2D eigenvalue weighted by Crippen LogP contribution is 2.24. The molecule has 0 aliphatic heterocycles. The number of benzene rings is 2. The summed E-state index contributed by atoms with van der Waals surface area (Å²) in [5.41, 5.74) is -0.243. The molecule has 0 saturated carbocycles. The lowest BCUT2D eigenvalue weighted by molar-refractivity contribution is 0.102. The standard InChI is InChI=1S/C14H10BrF2NO2/c1-20-10-4-2-3-8(5-10)14(19)18-13-11(16)6-9(15)7-12(13)17/h2-7H,1H3,(H,18,19). The number of carbonyl (C=O) groups excluding carboxylic acids is 1. The van der Waals surface area contributed by atoms with Crippen LogP contribution in [0.15, 0.2) is 40.9 Å². The fourth-order valence-electron chi connectivity index (χ4n) is 1.61. The molecule has 0 unspecified atom stereocenters. The first-order chi connectivity index (χ1) is 9.51. The molecule has 0 heterocycles. The van der Waals surface area contributed by atoms with Gasteiger partial charge in [-0.05, 0) is 30.3 Å². The molecule has 0 spiro atoms. The molecular formula is C14H10BrF2NO2. The Morgan fingerprint density at radius 1 is 1.20 bits per heavy atom. The molecule has 0 atom stereocenters. The van der Waals surface area contributed by atoms with Crippen molar-refractivity contribution in [3.05, 3.63) is 58.1 Å². The summed E-state index contributed by atoms with van der Waals surface area (Å²) in [5.74, 6) is -1.85. The van der Waals surface area contributed by atoms with Crippen molar-refractivity contribution in [3.8, 4) is 5.75 Å². The molecule has 0 aliphatic carbocycles. The molecule has 0 aromatic heterocycles. The highest BCUT2D eigenvalue weighted by molar-refractivity contribution is 9.10. The lowest BCUT2D eigenvalue weighted by Crippen LogP contribution is -2.14. The first kappa shape index (κ1) is 14.5. The quantitative estimate of drug-likeness (QED) is 0.916. The van der Waals surface area contributed by atoms with Crippen LogP contribution in [-0.4, -0.2) is 13.0 Å². The number of methoxy groups -OCH3 is 1. The fraction of sp³-hybridized carbons (Fsp3) is 0.0714. The first-order valence-electron chi connectivity index (χ1n) is 5.61. The van der Waals surface area contributed by atoms with Crippen LogP contribution >= 0.6 is 15.9 Å². The van der Waals surface area contributed by atoms with Crippen LogP contribution in [0.1, 0.15) is 10.4 Å².